The first-order chi connectivity index (χ1) is 12.4. The topological polar surface area (TPSA) is 70.0 Å². The minimum atomic E-state index is -1.34. The van der Waals surface area contributed by atoms with Gasteiger partial charge in [-0.3, -0.25) is 4.79 Å². The van der Waals surface area contributed by atoms with Gasteiger partial charge in [-0.2, -0.15) is 0 Å². The van der Waals surface area contributed by atoms with Gasteiger partial charge in [-0.25, -0.2) is 0 Å². The lowest BCUT2D eigenvalue weighted by Crippen LogP contribution is -2.55. The molecule has 3 rings (SSSR count). The summed E-state index contributed by atoms with van der Waals surface area (Å²) < 4.78 is 5.58. The Morgan fingerprint density at radius 2 is 2.04 bits per heavy atom. The molecule has 0 aromatic heterocycles. The van der Waals surface area contributed by atoms with E-state index in [0.717, 1.165) is 5.56 Å². The Bertz CT molecular complexity index is 783. The standard InChI is InChI=1S/C20H22ClNO4/c1-14-11-16(21)7-8-17(14)26-13-19(24)22-10-9-20(25,18(23)12-22)15-5-3-2-4-6-15/h2-8,11,18,23,25H,9-10,12-13H2,1H3/t18-,20-/m0/s1. The molecule has 0 radical (unpaired) electrons. The highest BCUT2D eigenvalue weighted by molar-refractivity contribution is 6.30. The van der Waals surface area contributed by atoms with Gasteiger partial charge in [0.2, 0.25) is 0 Å². The van der Waals surface area contributed by atoms with E-state index < -0.39 is 11.7 Å². The molecule has 1 aliphatic rings. The number of carbonyl (C=O) groups is 1. The number of aliphatic hydroxyl groups excluding tert-OH is 1. The third-order valence-electron chi connectivity index (χ3n) is 4.82. The van der Waals surface area contributed by atoms with Crippen LogP contribution in [0.4, 0.5) is 0 Å². The number of rotatable bonds is 4. The maximum absolute atomic E-state index is 12.4. The van der Waals surface area contributed by atoms with Crippen LogP contribution in [-0.4, -0.2) is 46.8 Å². The van der Waals surface area contributed by atoms with Gasteiger partial charge in [-0.15, -0.1) is 0 Å². The van der Waals surface area contributed by atoms with Crippen LogP contribution in [0.1, 0.15) is 17.5 Å². The summed E-state index contributed by atoms with van der Waals surface area (Å²) in [4.78, 5) is 13.9. The Morgan fingerprint density at radius 1 is 1.31 bits per heavy atom. The second-order valence-electron chi connectivity index (χ2n) is 6.59. The minimum absolute atomic E-state index is 0.0627. The second-order valence-corrected chi connectivity index (χ2v) is 7.03. The molecular formula is C20H22ClNO4. The molecule has 2 N–H and O–H groups in total. The summed E-state index contributed by atoms with van der Waals surface area (Å²) >= 11 is 5.91. The van der Waals surface area contributed by atoms with E-state index in [1.807, 2.05) is 25.1 Å². The van der Waals surface area contributed by atoms with Gasteiger partial charge in [0.25, 0.3) is 5.91 Å². The van der Waals surface area contributed by atoms with E-state index in [9.17, 15) is 15.0 Å². The number of β-amino-alcohol motifs (C(OH)–C–C–N with tert-alkyl or cyclic N) is 1. The Morgan fingerprint density at radius 3 is 2.69 bits per heavy atom. The van der Waals surface area contributed by atoms with Crippen molar-refractivity contribution in [3.63, 3.8) is 0 Å². The van der Waals surface area contributed by atoms with E-state index in [1.165, 1.54) is 4.90 Å². The molecule has 1 fully saturated rings. The first-order valence-electron chi connectivity index (χ1n) is 8.53. The van der Waals surface area contributed by atoms with Crippen molar-refractivity contribution in [2.24, 2.45) is 0 Å². The molecule has 0 aliphatic carbocycles. The van der Waals surface area contributed by atoms with Gasteiger partial charge in [-0.1, -0.05) is 41.9 Å². The highest BCUT2D eigenvalue weighted by Gasteiger charge is 2.43. The minimum Gasteiger partial charge on any atom is -0.483 e. The van der Waals surface area contributed by atoms with E-state index in [-0.39, 0.29) is 25.5 Å². The zero-order valence-electron chi connectivity index (χ0n) is 14.6. The predicted octanol–water partition coefficient (Wildman–Crippen LogP) is 2.51. The molecule has 6 heteroatoms. The highest BCUT2D eigenvalue weighted by Crippen LogP contribution is 2.33. The number of likely N-dealkylation sites (tertiary alicyclic amines) is 1. The molecule has 1 heterocycles. The molecule has 138 valence electrons. The molecule has 5 nitrogen and oxygen atoms in total. The van der Waals surface area contributed by atoms with Gasteiger partial charge in [0.15, 0.2) is 6.61 Å². The second kappa shape index (κ2) is 7.66. The molecule has 0 spiro atoms. The molecule has 2 atom stereocenters. The van der Waals surface area contributed by atoms with Crippen LogP contribution in [0.3, 0.4) is 0 Å². The Hall–Kier alpha value is -2.08. The maximum atomic E-state index is 12.4. The molecule has 0 saturated carbocycles. The third kappa shape index (κ3) is 3.85. The summed E-state index contributed by atoms with van der Waals surface area (Å²) in [7, 11) is 0. The largest absolute Gasteiger partial charge is 0.483 e. The number of piperidine rings is 1. The molecule has 1 aliphatic heterocycles. The number of ether oxygens (including phenoxy) is 1. The number of carbonyl (C=O) groups excluding carboxylic acids is 1. The van der Waals surface area contributed by atoms with Crippen molar-refractivity contribution in [2.75, 3.05) is 19.7 Å². The van der Waals surface area contributed by atoms with Crippen LogP contribution in [0.2, 0.25) is 5.02 Å². The molecule has 2 aromatic rings. The average Bonchev–Trinajstić information content (AvgIpc) is 2.64. The van der Waals surface area contributed by atoms with E-state index in [0.29, 0.717) is 22.9 Å². The lowest BCUT2D eigenvalue weighted by molar-refractivity contribution is -0.153. The zero-order chi connectivity index (χ0) is 18.7. The number of hydrogen-bond acceptors (Lipinski definition) is 4. The molecule has 0 unspecified atom stereocenters. The first kappa shape index (κ1) is 18.7. The SMILES string of the molecule is Cc1cc(Cl)ccc1OCC(=O)N1CC[C@](O)(c2ccccc2)[C@@H](O)C1. The number of amides is 1. The van der Waals surface area contributed by atoms with Crippen LogP contribution in [-0.2, 0) is 10.4 Å². The normalized spacial score (nSPS) is 22.9. The zero-order valence-corrected chi connectivity index (χ0v) is 15.3. The van der Waals surface area contributed by atoms with Gasteiger partial charge in [0, 0.05) is 24.5 Å². The third-order valence-corrected chi connectivity index (χ3v) is 5.06. The van der Waals surface area contributed by atoms with Crippen molar-refractivity contribution in [3.8, 4) is 5.75 Å². The van der Waals surface area contributed by atoms with Crippen LogP contribution in [0.25, 0.3) is 0 Å². The van der Waals surface area contributed by atoms with Crippen molar-refractivity contribution in [1.82, 2.24) is 4.90 Å². The summed E-state index contributed by atoms with van der Waals surface area (Å²) in [5, 5.41) is 21.9. The summed E-state index contributed by atoms with van der Waals surface area (Å²) in [6.07, 6.45) is -0.788. The number of benzene rings is 2. The molecule has 1 saturated heterocycles. The fourth-order valence-electron chi connectivity index (χ4n) is 3.22. The smallest absolute Gasteiger partial charge is 0.260 e. The summed E-state index contributed by atoms with van der Waals surface area (Å²) in [5.74, 6) is 0.370. The number of aliphatic hydroxyl groups is 2. The number of aryl methyl sites for hydroxylation is 1. The number of nitrogens with zero attached hydrogens (tertiary/aromatic N) is 1. The monoisotopic (exact) mass is 375 g/mol. The van der Waals surface area contributed by atoms with Crippen LogP contribution in [0, 0.1) is 6.92 Å². The van der Waals surface area contributed by atoms with Gasteiger partial charge >= 0.3 is 0 Å². The predicted molar refractivity (Wildman–Crippen MR) is 99.2 cm³/mol. The summed E-state index contributed by atoms with van der Waals surface area (Å²) in [5.41, 5.74) is 0.168. The summed E-state index contributed by atoms with van der Waals surface area (Å²) in [6, 6.07) is 14.3. The van der Waals surface area contributed by atoms with Crippen LogP contribution in [0.15, 0.2) is 48.5 Å². The maximum Gasteiger partial charge on any atom is 0.260 e. The van der Waals surface area contributed by atoms with Crippen LogP contribution < -0.4 is 4.74 Å². The molecule has 26 heavy (non-hydrogen) atoms. The van der Waals surface area contributed by atoms with E-state index >= 15 is 0 Å². The molecule has 1 amide bonds. The highest BCUT2D eigenvalue weighted by atomic mass is 35.5. The van der Waals surface area contributed by atoms with E-state index in [1.54, 1.807) is 30.3 Å². The molecule has 2 aromatic carbocycles. The fraction of sp³-hybridized carbons (Fsp3) is 0.350. The Kier molecular flexibility index (Phi) is 5.51. The summed E-state index contributed by atoms with van der Waals surface area (Å²) in [6.45, 7) is 2.15. The van der Waals surface area contributed by atoms with E-state index in [4.69, 9.17) is 16.3 Å². The van der Waals surface area contributed by atoms with Gasteiger partial charge < -0.3 is 19.8 Å². The van der Waals surface area contributed by atoms with Crippen molar-refractivity contribution in [1.29, 1.82) is 0 Å². The Balaban J connectivity index is 1.61. The average molecular weight is 376 g/mol. The molecular weight excluding hydrogens is 354 g/mol. The quantitative estimate of drug-likeness (QED) is 0.861. The van der Waals surface area contributed by atoms with Crippen molar-refractivity contribution in [3.05, 3.63) is 64.7 Å². The number of halogens is 1. The van der Waals surface area contributed by atoms with Crippen molar-refractivity contribution in [2.45, 2.75) is 25.0 Å². The van der Waals surface area contributed by atoms with Gasteiger partial charge in [0.1, 0.15) is 17.5 Å². The first-order valence-corrected chi connectivity index (χ1v) is 8.90. The van der Waals surface area contributed by atoms with Crippen LogP contribution >= 0.6 is 11.6 Å². The molecule has 0 bridgehead atoms. The lowest BCUT2D eigenvalue weighted by atomic mass is 9.82. The van der Waals surface area contributed by atoms with Gasteiger partial charge in [-0.05, 0) is 36.2 Å². The van der Waals surface area contributed by atoms with Crippen molar-refractivity contribution < 1.29 is 19.7 Å². The fourth-order valence-corrected chi connectivity index (χ4v) is 3.45. The Labute approximate surface area is 157 Å². The number of hydrogen-bond donors (Lipinski definition) is 2. The van der Waals surface area contributed by atoms with Crippen LogP contribution in [0.5, 0.6) is 5.75 Å². The van der Waals surface area contributed by atoms with Gasteiger partial charge in [0.05, 0.1) is 0 Å². The lowest BCUT2D eigenvalue weighted by Gasteiger charge is -2.42. The van der Waals surface area contributed by atoms with Crippen molar-refractivity contribution >= 4 is 17.5 Å². The van der Waals surface area contributed by atoms with E-state index in [2.05, 4.69) is 0 Å².